The zero-order chi connectivity index (χ0) is 12.2. The number of halogens is 1. The minimum atomic E-state index is -0.868. The van der Waals surface area contributed by atoms with Crippen molar-refractivity contribution in [2.45, 2.75) is 32.4 Å². The van der Waals surface area contributed by atoms with E-state index in [2.05, 4.69) is 5.32 Å². The predicted molar refractivity (Wildman–Crippen MR) is 61.1 cm³/mol. The molecule has 0 aliphatic rings. The summed E-state index contributed by atoms with van der Waals surface area (Å²) in [6.07, 6.45) is 0.558. The maximum atomic E-state index is 12.9. The first-order valence-electron chi connectivity index (χ1n) is 5.27. The van der Waals surface area contributed by atoms with Gasteiger partial charge in [-0.1, -0.05) is 19.1 Å². The quantitative estimate of drug-likeness (QED) is 0.815. The summed E-state index contributed by atoms with van der Waals surface area (Å²) in [5.74, 6) is -0.531. The Balaban J connectivity index is 2.56. The normalized spacial score (nSPS) is 14.2. The molecule has 0 bridgehead atoms. The van der Waals surface area contributed by atoms with Crippen molar-refractivity contribution in [3.63, 3.8) is 0 Å². The largest absolute Gasteiger partial charge is 0.350 e. The van der Waals surface area contributed by atoms with E-state index in [9.17, 15) is 9.18 Å². The molecule has 0 aliphatic carbocycles. The third kappa shape index (κ3) is 3.31. The van der Waals surface area contributed by atoms with Crippen molar-refractivity contribution in [1.82, 2.24) is 5.32 Å². The number of hydrogen-bond acceptors (Lipinski definition) is 2. The molecule has 0 aliphatic heterocycles. The highest BCUT2D eigenvalue weighted by Crippen LogP contribution is 2.06. The van der Waals surface area contributed by atoms with Gasteiger partial charge in [-0.25, -0.2) is 4.39 Å². The Kier molecular flexibility index (Phi) is 4.01. The summed E-state index contributed by atoms with van der Waals surface area (Å²) in [7, 11) is 0. The maximum Gasteiger partial charge on any atom is 0.240 e. The summed E-state index contributed by atoms with van der Waals surface area (Å²) in [5.41, 5.74) is 5.62. The molecule has 1 aromatic carbocycles. The summed E-state index contributed by atoms with van der Waals surface area (Å²) in [6.45, 7) is 3.82. The second kappa shape index (κ2) is 5.07. The molecule has 0 heterocycles. The second-order valence-corrected chi connectivity index (χ2v) is 4.08. The molecule has 0 radical (unpaired) electrons. The van der Waals surface area contributed by atoms with Crippen LogP contribution < -0.4 is 11.1 Å². The van der Waals surface area contributed by atoms with Gasteiger partial charge in [-0.3, -0.25) is 4.79 Å². The molecule has 1 aromatic rings. The first-order valence-corrected chi connectivity index (χ1v) is 5.27. The van der Waals surface area contributed by atoms with Crippen LogP contribution in [0.1, 0.15) is 25.8 Å². The molecule has 88 valence electrons. The fourth-order valence-corrected chi connectivity index (χ4v) is 1.19. The van der Waals surface area contributed by atoms with Gasteiger partial charge in [0, 0.05) is 6.54 Å². The Bertz CT molecular complexity index is 377. The molecular formula is C12H17FN2O. The maximum absolute atomic E-state index is 12.9. The Hall–Kier alpha value is -1.42. The molecule has 3 N–H and O–H groups in total. The van der Waals surface area contributed by atoms with Crippen molar-refractivity contribution in [3.05, 3.63) is 35.6 Å². The highest BCUT2D eigenvalue weighted by atomic mass is 19.1. The van der Waals surface area contributed by atoms with Gasteiger partial charge in [-0.2, -0.15) is 0 Å². The van der Waals surface area contributed by atoms with Crippen LogP contribution in [0, 0.1) is 5.82 Å². The number of carbonyl (C=O) groups is 1. The number of carbonyl (C=O) groups excluding carboxylic acids is 1. The minimum Gasteiger partial charge on any atom is -0.350 e. The molecule has 0 saturated heterocycles. The summed E-state index contributed by atoms with van der Waals surface area (Å²) in [4.78, 5) is 11.6. The molecule has 0 fully saturated rings. The lowest BCUT2D eigenvalue weighted by Crippen LogP contribution is -2.50. The summed E-state index contributed by atoms with van der Waals surface area (Å²) in [5, 5.41) is 2.69. The molecule has 0 aromatic heterocycles. The standard InChI is InChI=1S/C12H17FN2O/c1-3-12(2,14)11(16)15-8-9-5-4-6-10(13)7-9/h4-7H,3,8,14H2,1-2H3,(H,15,16). The van der Waals surface area contributed by atoms with Crippen molar-refractivity contribution < 1.29 is 9.18 Å². The van der Waals surface area contributed by atoms with E-state index in [0.717, 1.165) is 5.56 Å². The van der Waals surface area contributed by atoms with Crippen LogP contribution in [0.3, 0.4) is 0 Å². The number of hydrogen-bond donors (Lipinski definition) is 2. The summed E-state index contributed by atoms with van der Waals surface area (Å²) >= 11 is 0. The Morgan fingerprint density at radius 2 is 2.25 bits per heavy atom. The van der Waals surface area contributed by atoms with Crippen LogP contribution in [0.15, 0.2) is 24.3 Å². The summed E-state index contributed by atoms with van der Waals surface area (Å²) < 4.78 is 12.9. The van der Waals surface area contributed by atoms with Crippen LogP contribution in [-0.2, 0) is 11.3 Å². The van der Waals surface area contributed by atoms with Gasteiger partial charge in [0.1, 0.15) is 5.82 Å². The van der Waals surface area contributed by atoms with E-state index in [0.29, 0.717) is 13.0 Å². The van der Waals surface area contributed by atoms with Gasteiger partial charge in [0.15, 0.2) is 0 Å². The first kappa shape index (κ1) is 12.6. The van der Waals surface area contributed by atoms with Crippen LogP contribution in [0.2, 0.25) is 0 Å². The average molecular weight is 224 g/mol. The number of amides is 1. The molecule has 0 spiro atoms. The van der Waals surface area contributed by atoms with Gasteiger partial charge in [-0.15, -0.1) is 0 Å². The van der Waals surface area contributed by atoms with Crippen molar-refractivity contribution in [2.75, 3.05) is 0 Å². The predicted octanol–water partition coefficient (Wildman–Crippen LogP) is 1.57. The summed E-state index contributed by atoms with van der Waals surface area (Å²) in [6, 6.07) is 6.12. The van der Waals surface area contributed by atoms with E-state index in [1.165, 1.54) is 12.1 Å². The third-order valence-electron chi connectivity index (χ3n) is 2.60. The lowest BCUT2D eigenvalue weighted by molar-refractivity contribution is -0.126. The highest BCUT2D eigenvalue weighted by molar-refractivity contribution is 5.85. The van der Waals surface area contributed by atoms with Crippen LogP contribution in [0.4, 0.5) is 4.39 Å². The zero-order valence-corrected chi connectivity index (χ0v) is 9.59. The molecule has 3 nitrogen and oxygen atoms in total. The molecular weight excluding hydrogens is 207 g/mol. The Morgan fingerprint density at radius 1 is 1.56 bits per heavy atom. The van der Waals surface area contributed by atoms with Crippen molar-refractivity contribution in [1.29, 1.82) is 0 Å². The highest BCUT2D eigenvalue weighted by Gasteiger charge is 2.25. The Morgan fingerprint density at radius 3 is 2.81 bits per heavy atom. The molecule has 1 unspecified atom stereocenters. The van der Waals surface area contributed by atoms with Crippen molar-refractivity contribution in [2.24, 2.45) is 5.73 Å². The molecule has 4 heteroatoms. The average Bonchev–Trinajstić information content (AvgIpc) is 2.26. The van der Waals surface area contributed by atoms with Crippen LogP contribution in [0.25, 0.3) is 0 Å². The van der Waals surface area contributed by atoms with E-state index in [1.54, 1.807) is 19.1 Å². The van der Waals surface area contributed by atoms with E-state index >= 15 is 0 Å². The monoisotopic (exact) mass is 224 g/mol. The lowest BCUT2D eigenvalue weighted by atomic mass is 9.99. The molecule has 1 atom stereocenters. The number of nitrogens with one attached hydrogen (secondary N) is 1. The second-order valence-electron chi connectivity index (χ2n) is 4.08. The first-order chi connectivity index (χ1) is 7.45. The molecule has 16 heavy (non-hydrogen) atoms. The van der Waals surface area contributed by atoms with Crippen LogP contribution in [0.5, 0.6) is 0 Å². The molecule has 1 rings (SSSR count). The van der Waals surface area contributed by atoms with E-state index in [-0.39, 0.29) is 11.7 Å². The van der Waals surface area contributed by atoms with Gasteiger partial charge >= 0.3 is 0 Å². The van der Waals surface area contributed by atoms with E-state index in [4.69, 9.17) is 5.73 Å². The smallest absolute Gasteiger partial charge is 0.240 e. The lowest BCUT2D eigenvalue weighted by Gasteiger charge is -2.21. The SMILES string of the molecule is CCC(C)(N)C(=O)NCc1cccc(F)c1. The van der Waals surface area contributed by atoms with Crippen molar-refractivity contribution in [3.8, 4) is 0 Å². The molecule has 1 amide bonds. The zero-order valence-electron chi connectivity index (χ0n) is 9.59. The molecule has 0 saturated carbocycles. The number of rotatable bonds is 4. The van der Waals surface area contributed by atoms with Gasteiger partial charge in [0.05, 0.1) is 5.54 Å². The van der Waals surface area contributed by atoms with E-state index < -0.39 is 5.54 Å². The van der Waals surface area contributed by atoms with Gasteiger partial charge in [0.25, 0.3) is 0 Å². The van der Waals surface area contributed by atoms with E-state index in [1.807, 2.05) is 6.92 Å². The van der Waals surface area contributed by atoms with Gasteiger partial charge < -0.3 is 11.1 Å². The van der Waals surface area contributed by atoms with Gasteiger partial charge in [0.2, 0.25) is 5.91 Å². The third-order valence-corrected chi connectivity index (χ3v) is 2.60. The number of nitrogens with two attached hydrogens (primary N) is 1. The Labute approximate surface area is 94.8 Å². The van der Waals surface area contributed by atoms with Gasteiger partial charge in [-0.05, 0) is 31.0 Å². The topological polar surface area (TPSA) is 55.1 Å². The minimum absolute atomic E-state index is 0.223. The fraction of sp³-hybridized carbons (Fsp3) is 0.417. The fourth-order valence-electron chi connectivity index (χ4n) is 1.19. The van der Waals surface area contributed by atoms with Crippen LogP contribution in [-0.4, -0.2) is 11.4 Å². The van der Waals surface area contributed by atoms with Crippen molar-refractivity contribution >= 4 is 5.91 Å². The van der Waals surface area contributed by atoms with Crippen LogP contribution >= 0.6 is 0 Å². The number of benzene rings is 1.